The smallest absolute Gasteiger partial charge is 0.340 e. The molecule has 0 heterocycles. The Morgan fingerprint density at radius 3 is 2.12 bits per heavy atom. The molecule has 0 aromatic heterocycles. The summed E-state index contributed by atoms with van der Waals surface area (Å²) in [6, 6.07) is 6.80. The van der Waals surface area contributed by atoms with E-state index in [1.54, 1.807) is 38.1 Å². The second kappa shape index (κ2) is 10.7. The first-order chi connectivity index (χ1) is 11.5. The Balaban J connectivity index is 2.50. The van der Waals surface area contributed by atoms with Gasteiger partial charge in [-0.15, -0.1) is 0 Å². The lowest BCUT2D eigenvalue weighted by atomic mass is 10.1. The monoisotopic (exact) mass is 339 g/mol. The van der Waals surface area contributed by atoms with Crippen LogP contribution in [0.25, 0.3) is 0 Å². The van der Waals surface area contributed by atoms with Crippen LogP contribution >= 0.6 is 0 Å². The normalized spacial score (nSPS) is 10.9. The van der Waals surface area contributed by atoms with Crippen LogP contribution in [0.15, 0.2) is 24.3 Å². The number of hydrogen-bond donors (Lipinski definition) is 2. The molecular formula is C17H25NO6. The van der Waals surface area contributed by atoms with E-state index in [2.05, 4.69) is 0 Å². The predicted molar refractivity (Wildman–Crippen MR) is 87.1 cm³/mol. The molecule has 1 aromatic carbocycles. The standard InChI is InChI=1S/C17H25NO6/c1-13(2)16(21)23-12-24-17(22)15-5-3-14(4-6-15)11-18(7-9-19)8-10-20/h3-6,13,19-20H,7-12H2,1-2H3. The van der Waals surface area contributed by atoms with Gasteiger partial charge >= 0.3 is 11.9 Å². The molecule has 0 spiro atoms. The van der Waals surface area contributed by atoms with Crippen molar-refractivity contribution in [2.75, 3.05) is 33.1 Å². The van der Waals surface area contributed by atoms with Gasteiger partial charge in [-0.2, -0.15) is 0 Å². The van der Waals surface area contributed by atoms with Gasteiger partial charge in [0.2, 0.25) is 6.79 Å². The molecule has 2 N–H and O–H groups in total. The van der Waals surface area contributed by atoms with Gasteiger partial charge in [0, 0.05) is 19.6 Å². The van der Waals surface area contributed by atoms with E-state index in [0.29, 0.717) is 25.2 Å². The lowest BCUT2D eigenvalue weighted by molar-refractivity contribution is -0.155. The highest BCUT2D eigenvalue weighted by Gasteiger charge is 2.12. The average molecular weight is 339 g/mol. The summed E-state index contributed by atoms with van der Waals surface area (Å²) >= 11 is 0. The third-order valence-corrected chi connectivity index (χ3v) is 3.29. The third kappa shape index (κ3) is 7.08. The Kier molecular flexibility index (Phi) is 8.99. The number of esters is 2. The Morgan fingerprint density at radius 2 is 1.62 bits per heavy atom. The lowest BCUT2D eigenvalue weighted by Crippen LogP contribution is -2.29. The van der Waals surface area contributed by atoms with Crippen LogP contribution in [0.1, 0.15) is 29.8 Å². The van der Waals surface area contributed by atoms with Gasteiger partial charge in [-0.05, 0) is 17.7 Å². The molecule has 0 saturated carbocycles. The first-order valence-electron chi connectivity index (χ1n) is 7.84. The number of ether oxygens (including phenoxy) is 2. The van der Waals surface area contributed by atoms with E-state index in [-0.39, 0.29) is 19.1 Å². The van der Waals surface area contributed by atoms with Crippen LogP contribution in [-0.2, 0) is 20.8 Å². The molecule has 0 bridgehead atoms. The highest BCUT2D eigenvalue weighted by atomic mass is 16.7. The Bertz CT molecular complexity index is 508. The number of rotatable bonds is 10. The summed E-state index contributed by atoms with van der Waals surface area (Å²) in [5.41, 5.74) is 1.30. The second-order valence-corrected chi connectivity index (χ2v) is 5.59. The van der Waals surface area contributed by atoms with Crippen molar-refractivity contribution < 1.29 is 29.3 Å². The summed E-state index contributed by atoms with van der Waals surface area (Å²) in [6.07, 6.45) is 0. The molecule has 0 saturated heterocycles. The van der Waals surface area contributed by atoms with Crippen molar-refractivity contribution in [3.63, 3.8) is 0 Å². The van der Waals surface area contributed by atoms with Crippen LogP contribution < -0.4 is 0 Å². The van der Waals surface area contributed by atoms with Crippen molar-refractivity contribution in [1.82, 2.24) is 4.90 Å². The number of hydrogen-bond acceptors (Lipinski definition) is 7. The van der Waals surface area contributed by atoms with Crippen molar-refractivity contribution in [2.24, 2.45) is 5.92 Å². The zero-order valence-corrected chi connectivity index (χ0v) is 14.1. The fourth-order valence-electron chi connectivity index (χ4n) is 1.95. The summed E-state index contributed by atoms with van der Waals surface area (Å²) in [4.78, 5) is 25.0. The number of benzene rings is 1. The minimum Gasteiger partial charge on any atom is -0.428 e. The Labute approximate surface area is 141 Å². The van der Waals surface area contributed by atoms with Gasteiger partial charge in [0.25, 0.3) is 0 Å². The molecule has 24 heavy (non-hydrogen) atoms. The van der Waals surface area contributed by atoms with Crippen LogP contribution in [0.5, 0.6) is 0 Å². The zero-order valence-electron chi connectivity index (χ0n) is 14.1. The molecule has 1 aromatic rings. The molecule has 0 aliphatic heterocycles. The summed E-state index contributed by atoms with van der Waals surface area (Å²) in [5.74, 6) is -1.27. The van der Waals surface area contributed by atoms with Crippen molar-refractivity contribution in [2.45, 2.75) is 20.4 Å². The van der Waals surface area contributed by atoms with Crippen LogP contribution in [-0.4, -0.2) is 60.1 Å². The fourth-order valence-corrected chi connectivity index (χ4v) is 1.95. The highest BCUT2D eigenvalue weighted by molar-refractivity contribution is 5.89. The summed E-state index contributed by atoms with van der Waals surface area (Å²) in [5, 5.41) is 18.0. The molecule has 134 valence electrons. The maximum absolute atomic E-state index is 11.8. The highest BCUT2D eigenvalue weighted by Crippen LogP contribution is 2.09. The van der Waals surface area contributed by atoms with Gasteiger partial charge in [0.05, 0.1) is 24.7 Å². The molecule has 0 fully saturated rings. The largest absolute Gasteiger partial charge is 0.428 e. The van der Waals surface area contributed by atoms with E-state index in [4.69, 9.17) is 19.7 Å². The van der Waals surface area contributed by atoms with Crippen LogP contribution in [0.4, 0.5) is 0 Å². The van der Waals surface area contributed by atoms with E-state index in [1.807, 2.05) is 4.90 Å². The average Bonchev–Trinajstić information content (AvgIpc) is 2.55. The van der Waals surface area contributed by atoms with E-state index >= 15 is 0 Å². The molecule has 7 nitrogen and oxygen atoms in total. The lowest BCUT2D eigenvalue weighted by Gasteiger charge is -2.20. The van der Waals surface area contributed by atoms with Crippen molar-refractivity contribution >= 4 is 11.9 Å². The molecule has 0 aliphatic rings. The number of carbonyl (C=O) groups is 2. The molecule has 7 heteroatoms. The topological polar surface area (TPSA) is 96.3 Å². The van der Waals surface area contributed by atoms with Gasteiger partial charge in [-0.1, -0.05) is 26.0 Å². The number of carbonyl (C=O) groups excluding carboxylic acids is 2. The van der Waals surface area contributed by atoms with E-state index in [1.165, 1.54) is 0 Å². The first-order valence-corrected chi connectivity index (χ1v) is 7.84. The van der Waals surface area contributed by atoms with Gasteiger partial charge in [0.15, 0.2) is 0 Å². The van der Waals surface area contributed by atoms with E-state index < -0.39 is 18.7 Å². The number of aliphatic hydroxyl groups excluding tert-OH is 2. The molecular weight excluding hydrogens is 314 g/mol. The summed E-state index contributed by atoms with van der Waals surface area (Å²) in [7, 11) is 0. The molecule has 0 radical (unpaired) electrons. The second-order valence-electron chi connectivity index (χ2n) is 5.59. The van der Waals surface area contributed by atoms with Gasteiger partial charge < -0.3 is 19.7 Å². The Morgan fingerprint density at radius 1 is 1.04 bits per heavy atom. The molecule has 0 aliphatic carbocycles. The van der Waals surface area contributed by atoms with Crippen LogP contribution in [0.2, 0.25) is 0 Å². The van der Waals surface area contributed by atoms with Crippen LogP contribution in [0.3, 0.4) is 0 Å². The maximum atomic E-state index is 11.8. The minimum absolute atomic E-state index is 0.0134. The van der Waals surface area contributed by atoms with Gasteiger partial charge in [-0.3, -0.25) is 9.69 Å². The maximum Gasteiger partial charge on any atom is 0.340 e. The van der Waals surface area contributed by atoms with Crippen molar-refractivity contribution in [3.8, 4) is 0 Å². The molecule has 0 unspecified atom stereocenters. The quantitative estimate of drug-likeness (QED) is 0.480. The van der Waals surface area contributed by atoms with Gasteiger partial charge in [-0.25, -0.2) is 4.79 Å². The van der Waals surface area contributed by atoms with Crippen LogP contribution in [0, 0.1) is 5.92 Å². The summed E-state index contributed by atoms with van der Waals surface area (Å²) < 4.78 is 9.68. The zero-order chi connectivity index (χ0) is 17.9. The van der Waals surface area contributed by atoms with Crippen molar-refractivity contribution in [3.05, 3.63) is 35.4 Å². The number of nitrogens with zero attached hydrogens (tertiary/aromatic N) is 1. The Hall–Kier alpha value is -1.96. The minimum atomic E-state index is -0.569. The SMILES string of the molecule is CC(C)C(=O)OCOC(=O)c1ccc(CN(CCO)CCO)cc1. The predicted octanol–water partition coefficient (Wildman–Crippen LogP) is 0.787. The fraction of sp³-hybridized carbons (Fsp3) is 0.529. The third-order valence-electron chi connectivity index (χ3n) is 3.29. The molecule has 0 atom stereocenters. The van der Waals surface area contributed by atoms with E-state index in [0.717, 1.165) is 5.56 Å². The first kappa shape index (κ1) is 20.1. The van der Waals surface area contributed by atoms with E-state index in [9.17, 15) is 9.59 Å². The summed E-state index contributed by atoms with van der Waals surface area (Å²) in [6.45, 7) is 4.50. The molecule has 1 rings (SSSR count). The number of aliphatic hydroxyl groups is 2. The van der Waals surface area contributed by atoms with Gasteiger partial charge in [0.1, 0.15) is 0 Å². The molecule has 0 amide bonds. The van der Waals surface area contributed by atoms with Crippen molar-refractivity contribution in [1.29, 1.82) is 0 Å².